The second-order valence-corrected chi connectivity index (χ2v) is 9.56. The van der Waals surface area contributed by atoms with Crippen LogP contribution in [0.15, 0.2) is 53.4 Å². The molecular weight excluding hydrogens is 439 g/mol. The number of aliphatic hydroxyl groups excluding tert-OH is 1. The van der Waals surface area contributed by atoms with Gasteiger partial charge in [0.2, 0.25) is 0 Å². The number of carboxylic acids is 1. The van der Waals surface area contributed by atoms with E-state index in [-0.39, 0.29) is 5.41 Å². The molecule has 2 rings (SSSR count). The van der Waals surface area contributed by atoms with Gasteiger partial charge in [0.1, 0.15) is 18.0 Å². The molecule has 2 aromatic rings. The number of aryl methyl sites for hydroxylation is 1. The largest absolute Gasteiger partial charge is 0.491 e. The maximum atomic E-state index is 14.5. The van der Waals surface area contributed by atoms with Crippen LogP contribution in [0.5, 0.6) is 5.75 Å². The first kappa shape index (κ1) is 28.7. The highest BCUT2D eigenvalue weighted by molar-refractivity contribution is 7.80. The highest BCUT2D eigenvalue weighted by Gasteiger charge is 2.27. The van der Waals surface area contributed by atoms with E-state index in [0.717, 1.165) is 17.4 Å². The number of rotatable bonds is 8. The maximum absolute atomic E-state index is 14.5. The fraction of sp³-hybridized carbons (Fsp3) is 0.444. The van der Waals surface area contributed by atoms with Gasteiger partial charge in [-0.2, -0.15) is 0 Å². The number of benzene rings is 2. The molecule has 0 radical (unpaired) electrons. The molecule has 1 unspecified atom stereocenters. The zero-order chi connectivity index (χ0) is 25.2. The molecule has 182 valence electrons. The van der Waals surface area contributed by atoms with Crippen molar-refractivity contribution in [3.63, 3.8) is 0 Å². The van der Waals surface area contributed by atoms with Crippen molar-refractivity contribution in [2.75, 3.05) is 6.61 Å². The molecule has 0 bridgehead atoms. The van der Waals surface area contributed by atoms with Crippen LogP contribution in [0.1, 0.15) is 64.2 Å². The van der Waals surface area contributed by atoms with Gasteiger partial charge in [-0.1, -0.05) is 58.9 Å². The first-order chi connectivity index (χ1) is 15.3. The van der Waals surface area contributed by atoms with Gasteiger partial charge in [0.15, 0.2) is 0 Å². The van der Waals surface area contributed by atoms with Gasteiger partial charge in [-0.15, -0.1) is 12.6 Å². The smallest absolute Gasteiger partial charge is 0.328 e. The number of para-hydroxylation sites is 1. The Morgan fingerprint density at radius 3 is 2.27 bits per heavy atom. The van der Waals surface area contributed by atoms with Crippen LogP contribution in [-0.4, -0.2) is 28.9 Å². The lowest BCUT2D eigenvalue weighted by Crippen LogP contribution is -2.32. The average molecular weight is 477 g/mol. The monoisotopic (exact) mass is 476 g/mol. The molecule has 2 aromatic carbocycles. The predicted molar refractivity (Wildman–Crippen MR) is 136 cm³/mol. The lowest BCUT2D eigenvalue weighted by Gasteiger charge is -2.25. The lowest BCUT2D eigenvalue weighted by molar-refractivity contribution is -0.131. The van der Waals surface area contributed by atoms with Crippen LogP contribution in [-0.2, 0) is 10.5 Å². The van der Waals surface area contributed by atoms with Gasteiger partial charge in [0, 0.05) is 11.0 Å². The van der Waals surface area contributed by atoms with Crippen molar-refractivity contribution in [3.8, 4) is 5.75 Å². The van der Waals surface area contributed by atoms with Crippen molar-refractivity contribution in [2.24, 2.45) is 5.41 Å². The molecule has 0 saturated heterocycles. The highest BCUT2D eigenvalue weighted by Crippen LogP contribution is 2.35. The number of aliphatic hydroxyl groups is 1. The molecule has 6 heteroatoms. The van der Waals surface area contributed by atoms with Crippen molar-refractivity contribution in [1.82, 2.24) is 0 Å². The number of ether oxygens (including phenoxy) is 1. The van der Waals surface area contributed by atoms with Crippen LogP contribution in [0.25, 0.3) is 6.08 Å². The number of aliphatic carboxylic acids is 1. The summed E-state index contributed by atoms with van der Waals surface area (Å²) < 4.78 is 20.1. The molecule has 1 atom stereocenters. The molecule has 0 aromatic heterocycles. The van der Waals surface area contributed by atoms with Crippen molar-refractivity contribution < 1.29 is 24.1 Å². The summed E-state index contributed by atoms with van der Waals surface area (Å²) in [4.78, 5) is 11.1. The topological polar surface area (TPSA) is 66.8 Å². The van der Waals surface area contributed by atoms with Crippen molar-refractivity contribution in [1.29, 1.82) is 0 Å². The van der Waals surface area contributed by atoms with Crippen molar-refractivity contribution >= 4 is 24.7 Å². The summed E-state index contributed by atoms with van der Waals surface area (Å²) >= 11 is 4.24. The molecule has 0 aliphatic heterocycles. The number of halogens is 1. The van der Waals surface area contributed by atoms with E-state index in [1.54, 1.807) is 32.0 Å². The molecule has 4 nitrogen and oxygen atoms in total. The Kier molecular flexibility index (Phi) is 11.1. The lowest BCUT2D eigenvalue weighted by atomic mass is 9.89. The Morgan fingerprint density at radius 2 is 1.76 bits per heavy atom. The third kappa shape index (κ3) is 9.22. The van der Waals surface area contributed by atoms with Crippen LogP contribution in [0, 0.1) is 12.3 Å². The Balaban J connectivity index is 0.000000335. The normalized spacial score (nSPS) is 12.8. The second-order valence-electron chi connectivity index (χ2n) is 9.08. The minimum atomic E-state index is -1.37. The molecule has 33 heavy (non-hydrogen) atoms. The van der Waals surface area contributed by atoms with E-state index < -0.39 is 17.7 Å². The van der Waals surface area contributed by atoms with Crippen LogP contribution in [0.3, 0.4) is 0 Å². The summed E-state index contributed by atoms with van der Waals surface area (Å²) in [5, 5.41) is 18.4. The number of hydrogen-bond donors (Lipinski definition) is 3. The molecule has 0 aliphatic rings. The first-order valence-corrected chi connectivity index (χ1v) is 11.6. The van der Waals surface area contributed by atoms with Gasteiger partial charge >= 0.3 is 5.97 Å². The summed E-state index contributed by atoms with van der Waals surface area (Å²) in [6.07, 6.45) is 2.78. The summed E-state index contributed by atoms with van der Waals surface area (Å²) in [7, 11) is 0. The number of carboxylic acid groups (broad SMARTS) is 1. The zero-order valence-corrected chi connectivity index (χ0v) is 21.3. The fourth-order valence-electron chi connectivity index (χ4n) is 2.92. The molecule has 0 fully saturated rings. The summed E-state index contributed by atoms with van der Waals surface area (Å²) in [5.74, 6) is -0.188. The second kappa shape index (κ2) is 12.8. The molecule has 0 saturated carbocycles. The number of thiol groups is 1. The molecule has 2 N–H and O–H groups in total. The average Bonchev–Trinajstić information content (AvgIpc) is 2.77. The van der Waals surface area contributed by atoms with E-state index in [4.69, 9.17) is 9.84 Å². The van der Waals surface area contributed by atoms with E-state index in [2.05, 4.69) is 12.6 Å². The van der Waals surface area contributed by atoms with Gasteiger partial charge in [-0.05, 0) is 66.1 Å². The van der Waals surface area contributed by atoms with E-state index in [1.165, 1.54) is 6.08 Å². The standard InChI is InChI=1S/C14H17FO2S.C13H20O2/c1-3-14(15,4-2)11-6-7-12(18)10(9-11)5-8-13(16)17;1-10-7-5-6-8-11(10)15-9-12(14)13(2,3)4/h5-9,18H,3-4H2,1-2H3,(H,16,17);5-8,12,14H,9H2,1-4H3/b8-5+;. The Hall–Kier alpha value is -2.31. The summed E-state index contributed by atoms with van der Waals surface area (Å²) in [5.41, 5.74) is 0.770. The molecule has 0 spiro atoms. The van der Waals surface area contributed by atoms with E-state index in [1.807, 2.05) is 52.0 Å². The molecule has 0 amide bonds. The van der Waals surface area contributed by atoms with Gasteiger partial charge in [0.05, 0.1) is 6.10 Å². The Labute approximate surface area is 202 Å². The van der Waals surface area contributed by atoms with Crippen LogP contribution < -0.4 is 4.74 Å². The van der Waals surface area contributed by atoms with E-state index in [0.29, 0.717) is 35.5 Å². The quantitative estimate of drug-likeness (QED) is 0.288. The molecular formula is C27H37FO4S. The number of hydrogen-bond acceptors (Lipinski definition) is 4. The minimum Gasteiger partial charge on any atom is -0.491 e. The van der Waals surface area contributed by atoms with Crippen LogP contribution >= 0.6 is 12.6 Å². The zero-order valence-electron chi connectivity index (χ0n) is 20.4. The summed E-state index contributed by atoms with van der Waals surface area (Å²) in [6.45, 7) is 11.9. The van der Waals surface area contributed by atoms with E-state index in [9.17, 15) is 14.3 Å². The van der Waals surface area contributed by atoms with Gasteiger partial charge in [-0.25, -0.2) is 9.18 Å². The van der Waals surface area contributed by atoms with Crippen molar-refractivity contribution in [2.45, 2.75) is 71.1 Å². The molecule has 0 heterocycles. The Bertz CT molecular complexity index is 930. The number of alkyl halides is 1. The predicted octanol–water partition coefficient (Wildman–Crippen LogP) is 6.84. The number of carbonyl (C=O) groups is 1. The first-order valence-electron chi connectivity index (χ1n) is 11.1. The van der Waals surface area contributed by atoms with Crippen molar-refractivity contribution in [3.05, 3.63) is 65.2 Å². The highest BCUT2D eigenvalue weighted by atomic mass is 32.1. The SMILES string of the molecule is CCC(F)(CC)c1ccc(S)c(/C=C/C(=O)O)c1.Cc1ccccc1OCC(O)C(C)(C)C. The maximum Gasteiger partial charge on any atom is 0.328 e. The van der Waals surface area contributed by atoms with E-state index >= 15 is 0 Å². The third-order valence-corrected chi connectivity index (χ3v) is 5.97. The van der Waals surface area contributed by atoms with Gasteiger partial charge in [-0.3, -0.25) is 0 Å². The summed E-state index contributed by atoms with van der Waals surface area (Å²) in [6, 6.07) is 12.9. The molecule has 0 aliphatic carbocycles. The van der Waals surface area contributed by atoms with Gasteiger partial charge in [0.25, 0.3) is 0 Å². The third-order valence-electron chi connectivity index (χ3n) is 5.56. The van der Waals surface area contributed by atoms with Gasteiger partial charge < -0.3 is 14.9 Å². The van der Waals surface area contributed by atoms with Crippen LogP contribution in [0.4, 0.5) is 4.39 Å². The fourth-order valence-corrected chi connectivity index (χ4v) is 3.14. The minimum absolute atomic E-state index is 0.136. The Morgan fingerprint density at radius 1 is 1.15 bits per heavy atom. The van der Waals surface area contributed by atoms with Crippen LogP contribution in [0.2, 0.25) is 0 Å².